The number of hydrogen-bond donors (Lipinski definition) is 1. The van der Waals surface area contributed by atoms with E-state index < -0.39 is 0 Å². The van der Waals surface area contributed by atoms with Gasteiger partial charge < -0.3 is 15.4 Å². The number of rotatable bonds is 5. The van der Waals surface area contributed by atoms with Crippen LogP contribution in [0.1, 0.15) is 50.0 Å². The van der Waals surface area contributed by atoms with Crippen molar-refractivity contribution in [3.05, 3.63) is 35.9 Å². The van der Waals surface area contributed by atoms with E-state index in [1.807, 2.05) is 4.90 Å². The second-order valence-electron chi connectivity index (χ2n) is 7.71. The third-order valence-electron chi connectivity index (χ3n) is 5.91. The molecule has 2 aliphatic carbocycles. The van der Waals surface area contributed by atoms with Gasteiger partial charge in [0.05, 0.1) is 18.8 Å². The van der Waals surface area contributed by atoms with Gasteiger partial charge in [0.1, 0.15) is 0 Å². The molecule has 4 rings (SSSR count). The highest BCUT2D eigenvalue weighted by atomic mass is 16.5. The van der Waals surface area contributed by atoms with Gasteiger partial charge in [0.2, 0.25) is 5.91 Å². The molecule has 2 N–H and O–H groups in total. The van der Waals surface area contributed by atoms with Crippen molar-refractivity contribution >= 4 is 5.91 Å². The van der Waals surface area contributed by atoms with E-state index >= 15 is 0 Å². The van der Waals surface area contributed by atoms with Gasteiger partial charge in [-0.2, -0.15) is 0 Å². The van der Waals surface area contributed by atoms with Crippen LogP contribution < -0.4 is 5.73 Å². The largest absolute Gasteiger partial charge is 0.376 e. The SMILES string of the molecule is NC1CCCN(C(=O)C2CC2)C1COC1CC(c2ccccc2)C1. The second kappa shape index (κ2) is 6.85. The summed E-state index contributed by atoms with van der Waals surface area (Å²) in [6.07, 6.45) is 6.63. The summed E-state index contributed by atoms with van der Waals surface area (Å²) < 4.78 is 6.15. The number of nitrogens with zero attached hydrogens (tertiary/aromatic N) is 1. The fourth-order valence-corrected chi connectivity index (χ4v) is 4.07. The van der Waals surface area contributed by atoms with Gasteiger partial charge in [0.15, 0.2) is 0 Å². The van der Waals surface area contributed by atoms with Crippen LogP contribution in [-0.4, -0.2) is 42.1 Å². The van der Waals surface area contributed by atoms with Crippen LogP contribution in [0.4, 0.5) is 0 Å². The Bertz CT molecular complexity index is 566. The molecular weight excluding hydrogens is 300 g/mol. The summed E-state index contributed by atoms with van der Waals surface area (Å²) in [5, 5.41) is 0. The molecule has 1 aliphatic heterocycles. The number of piperidine rings is 1. The van der Waals surface area contributed by atoms with Crippen molar-refractivity contribution in [2.45, 2.75) is 62.6 Å². The Kier molecular flexibility index (Phi) is 4.59. The lowest BCUT2D eigenvalue weighted by Crippen LogP contribution is -2.57. The van der Waals surface area contributed by atoms with Crippen molar-refractivity contribution in [2.24, 2.45) is 11.7 Å². The smallest absolute Gasteiger partial charge is 0.226 e. The number of carbonyl (C=O) groups excluding carboxylic acids is 1. The van der Waals surface area contributed by atoms with E-state index in [4.69, 9.17) is 10.5 Å². The molecule has 1 heterocycles. The highest BCUT2D eigenvalue weighted by Crippen LogP contribution is 2.39. The maximum Gasteiger partial charge on any atom is 0.226 e. The van der Waals surface area contributed by atoms with Gasteiger partial charge in [0, 0.05) is 18.5 Å². The standard InChI is InChI=1S/C20H28N2O2/c21-18-7-4-10-22(20(23)15-8-9-15)19(18)13-24-17-11-16(12-17)14-5-2-1-3-6-14/h1-3,5-6,15-19H,4,7-13,21H2. The minimum Gasteiger partial charge on any atom is -0.376 e. The number of amides is 1. The van der Waals surface area contributed by atoms with E-state index in [0.29, 0.717) is 24.5 Å². The summed E-state index contributed by atoms with van der Waals surface area (Å²) in [6, 6.07) is 10.8. The zero-order valence-corrected chi connectivity index (χ0v) is 14.3. The monoisotopic (exact) mass is 328 g/mol. The third-order valence-corrected chi connectivity index (χ3v) is 5.91. The van der Waals surface area contributed by atoms with Crippen molar-refractivity contribution in [3.63, 3.8) is 0 Å². The maximum atomic E-state index is 12.5. The summed E-state index contributed by atoms with van der Waals surface area (Å²) >= 11 is 0. The Balaban J connectivity index is 1.29. The minimum absolute atomic E-state index is 0.0615. The number of likely N-dealkylation sites (tertiary alicyclic amines) is 1. The molecule has 2 atom stereocenters. The first-order valence-electron chi connectivity index (χ1n) is 9.45. The third kappa shape index (κ3) is 3.35. The Morgan fingerprint density at radius 2 is 1.92 bits per heavy atom. The van der Waals surface area contributed by atoms with Crippen LogP contribution in [0.25, 0.3) is 0 Å². The molecule has 3 fully saturated rings. The first-order valence-corrected chi connectivity index (χ1v) is 9.45. The Morgan fingerprint density at radius 3 is 2.62 bits per heavy atom. The molecule has 0 radical (unpaired) electrons. The van der Waals surface area contributed by atoms with E-state index in [1.165, 1.54) is 5.56 Å². The van der Waals surface area contributed by atoms with Gasteiger partial charge in [-0.05, 0) is 50.0 Å². The number of benzene rings is 1. The van der Waals surface area contributed by atoms with E-state index in [0.717, 1.165) is 45.1 Å². The van der Waals surface area contributed by atoms with Crippen LogP contribution >= 0.6 is 0 Å². The summed E-state index contributed by atoms with van der Waals surface area (Å²) in [5.74, 6) is 1.21. The molecule has 24 heavy (non-hydrogen) atoms. The first-order chi connectivity index (χ1) is 11.7. The fraction of sp³-hybridized carbons (Fsp3) is 0.650. The van der Waals surface area contributed by atoms with Crippen LogP contribution in [0.3, 0.4) is 0 Å². The number of ether oxygens (including phenoxy) is 1. The van der Waals surface area contributed by atoms with Crippen LogP contribution in [0.2, 0.25) is 0 Å². The average molecular weight is 328 g/mol. The lowest BCUT2D eigenvalue weighted by Gasteiger charge is -2.42. The molecule has 1 aromatic rings. The van der Waals surface area contributed by atoms with E-state index in [-0.39, 0.29) is 18.0 Å². The number of carbonyl (C=O) groups is 1. The van der Waals surface area contributed by atoms with Gasteiger partial charge in [-0.15, -0.1) is 0 Å². The predicted molar refractivity (Wildman–Crippen MR) is 93.6 cm³/mol. The normalized spacial score (nSPS) is 33.1. The molecule has 4 nitrogen and oxygen atoms in total. The van der Waals surface area contributed by atoms with Crippen LogP contribution in [-0.2, 0) is 9.53 Å². The van der Waals surface area contributed by atoms with Crippen LogP contribution in [0.15, 0.2) is 30.3 Å². The maximum absolute atomic E-state index is 12.5. The molecule has 1 saturated heterocycles. The molecule has 0 bridgehead atoms. The van der Waals surface area contributed by atoms with Gasteiger partial charge in [-0.25, -0.2) is 0 Å². The average Bonchev–Trinajstić information content (AvgIpc) is 3.40. The van der Waals surface area contributed by atoms with Gasteiger partial charge in [-0.3, -0.25) is 4.79 Å². The molecule has 2 saturated carbocycles. The molecule has 4 heteroatoms. The summed E-state index contributed by atoms with van der Waals surface area (Å²) in [7, 11) is 0. The lowest BCUT2D eigenvalue weighted by molar-refractivity contribution is -0.140. The predicted octanol–water partition coefficient (Wildman–Crippen LogP) is 2.68. The van der Waals surface area contributed by atoms with Gasteiger partial charge in [-0.1, -0.05) is 30.3 Å². The molecule has 1 amide bonds. The highest BCUT2D eigenvalue weighted by molar-refractivity contribution is 5.81. The molecule has 0 spiro atoms. The second-order valence-corrected chi connectivity index (χ2v) is 7.71. The zero-order chi connectivity index (χ0) is 16.5. The van der Waals surface area contributed by atoms with Gasteiger partial charge >= 0.3 is 0 Å². The molecular formula is C20H28N2O2. The summed E-state index contributed by atoms with van der Waals surface area (Å²) in [4.78, 5) is 14.5. The van der Waals surface area contributed by atoms with E-state index in [9.17, 15) is 4.79 Å². The van der Waals surface area contributed by atoms with Crippen molar-refractivity contribution in [1.82, 2.24) is 4.90 Å². The van der Waals surface area contributed by atoms with Crippen molar-refractivity contribution in [2.75, 3.05) is 13.2 Å². The van der Waals surface area contributed by atoms with E-state index in [1.54, 1.807) is 0 Å². The van der Waals surface area contributed by atoms with E-state index in [2.05, 4.69) is 30.3 Å². The fourth-order valence-electron chi connectivity index (χ4n) is 4.07. The highest BCUT2D eigenvalue weighted by Gasteiger charge is 2.40. The molecule has 1 aromatic carbocycles. The number of hydrogen-bond acceptors (Lipinski definition) is 3. The molecule has 130 valence electrons. The molecule has 0 aromatic heterocycles. The first kappa shape index (κ1) is 16.1. The number of nitrogens with two attached hydrogens (primary N) is 1. The Hall–Kier alpha value is -1.39. The minimum atomic E-state index is 0.0615. The lowest BCUT2D eigenvalue weighted by atomic mass is 9.77. The zero-order valence-electron chi connectivity index (χ0n) is 14.3. The van der Waals surface area contributed by atoms with Crippen molar-refractivity contribution in [3.8, 4) is 0 Å². The Morgan fingerprint density at radius 1 is 1.17 bits per heavy atom. The summed E-state index contributed by atoms with van der Waals surface area (Å²) in [5.41, 5.74) is 7.73. The van der Waals surface area contributed by atoms with Crippen molar-refractivity contribution < 1.29 is 9.53 Å². The summed E-state index contributed by atoms with van der Waals surface area (Å²) in [6.45, 7) is 1.46. The topological polar surface area (TPSA) is 55.6 Å². The van der Waals surface area contributed by atoms with Crippen LogP contribution in [0, 0.1) is 5.92 Å². The van der Waals surface area contributed by atoms with Crippen molar-refractivity contribution in [1.29, 1.82) is 0 Å². The van der Waals surface area contributed by atoms with Crippen LogP contribution in [0.5, 0.6) is 0 Å². The Labute approximate surface area is 144 Å². The quantitative estimate of drug-likeness (QED) is 0.904. The molecule has 2 unspecified atom stereocenters. The van der Waals surface area contributed by atoms with Gasteiger partial charge in [0.25, 0.3) is 0 Å². The molecule has 3 aliphatic rings.